The lowest BCUT2D eigenvalue weighted by molar-refractivity contribution is -0.113. The number of aromatic nitrogens is 3. The zero-order valence-corrected chi connectivity index (χ0v) is 16.9. The van der Waals surface area contributed by atoms with E-state index in [9.17, 15) is 4.79 Å². The van der Waals surface area contributed by atoms with Crippen molar-refractivity contribution in [1.29, 1.82) is 0 Å². The molecule has 0 fully saturated rings. The van der Waals surface area contributed by atoms with Crippen molar-refractivity contribution in [2.45, 2.75) is 11.9 Å². The van der Waals surface area contributed by atoms with E-state index in [1.807, 2.05) is 61.5 Å². The quantitative estimate of drug-likeness (QED) is 0.457. The number of rotatable bonds is 6. The van der Waals surface area contributed by atoms with Crippen LogP contribution in [0.3, 0.4) is 0 Å². The highest BCUT2D eigenvalue weighted by atomic mass is 32.2. The van der Waals surface area contributed by atoms with Gasteiger partial charge in [0.2, 0.25) is 5.91 Å². The molecule has 0 atom stereocenters. The monoisotopic (exact) mass is 404 g/mol. The second-order valence-corrected chi connectivity index (χ2v) is 7.46. The first-order chi connectivity index (χ1) is 14.1. The maximum Gasteiger partial charge on any atom is 0.234 e. The van der Waals surface area contributed by atoms with Gasteiger partial charge in [-0.05, 0) is 48.9 Å². The van der Waals surface area contributed by atoms with E-state index in [0.717, 1.165) is 33.0 Å². The summed E-state index contributed by atoms with van der Waals surface area (Å²) < 4.78 is 5.32. The van der Waals surface area contributed by atoms with Crippen LogP contribution in [0.1, 0.15) is 5.56 Å². The van der Waals surface area contributed by atoms with Crippen LogP contribution in [0, 0.1) is 6.92 Å². The van der Waals surface area contributed by atoms with Gasteiger partial charge in [-0.1, -0.05) is 30.0 Å². The van der Waals surface area contributed by atoms with Crippen molar-refractivity contribution >= 4 is 34.4 Å². The molecule has 2 aromatic heterocycles. The number of para-hydroxylation sites is 2. The van der Waals surface area contributed by atoms with Crippen molar-refractivity contribution in [3.8, 4) is 17.1 Å². The minimum atomic E-state index is -0.125. The van der Waals surface area contributed by atoms with Crippen LogP contribution in [0.2, 0.25) is 0 Å². The van der Waals surface area contributed by atoms with Crippen LogP contribution in [0.4, 0.5) is 5.69 Å². The zero-order chi connectivity index (χ0) is 20.2. The normalized spacial score (nSPS) is 10.8. The number of methoxy groups -OCH3 is 1. The highest BCUT2D eigenvalue weighted by molar-refractivity contribution is 8.00. The van der Waals surface area contributed by atoms with Crippen LogP contribution in [0.25, 0.3) is 22.4 Å². The molecule has 1 amide bonds. The highest BCUT2D eigenvalue weighted by Crippen LogP contribution is 2.30. The van der Waals surface area contributed by atoms with Gasteiger partial charge in [0, 0.05) is 11.8 Å². The van der Waals surface area contributed by atoms with Gasteiger partial charge < -0.3 is 15.0 Å². The number of nitrogens with zero attached hydrogens (tertiary/aromatic N) is 2. The molecule has 29 heavy (non-hydrogen) atoms. The number of H-pyrrole nitrogens is 1. The number of fused-ring (bicyclic) bond motifs is 1. The second kappa shape index (κ2) is 8.36. The van der Waals surface area contributed by atoms with Crippen molar-refractivity contribution in [3.63, 3.8) is 0 Å². The number of thioether (sulfide) groups is 1. The number of amides is 1. The highest BCUT2D eigenvalue weighted by Gasteiger charge is 2.14. The number of carbonyl (C=O) groups excluding carboxylic acids is 1. The number of imidazole rings is 1. The van der Waals surface area contributed by atoms with Crippen LogP contribution in [-0.2, 0) is 4.79 Å². The van der Waals surface area contributed by atoms with Crippen LogP contribution in [-0.4, -0.2) is 33.7 Å². The van der Waals surface area contributed by atoms with E-state index in [1.54, 1.807) is 13.3 Å². The fourth-order valence-electron chi connectivity index (χ4n) is 3.01. The van der Waals surface area contributed by atoms with Crippen LogP contribution >= 0.6 is 11.8 Å². The first kappa shape index (κ1) is 19.0. The molecule has 0 saturated heterocycles. The summed E-state index contributed by atoms with van der Waals surface area (Å²) >= 11 is 1.37. The smallest absolute Gasteiger partial charge is 0.234 e. The summed E-state index contributed by atoms with van der Waals surface area (Å²) in [5, 5.41) is 3.67. The molecule has 4 aromatic rings. The Morgan fingerprint density at radius 1 is 1.17 bits per heavy atom. The van der Waals surface area contributed by atoms with E-state index in [2.05, 4.69) is 20.3 Å². The number of aromatic amines is 1. The number of pyridine rings is 1. The third-order valence-electron chi connectivity index (χ3n) is 4.38. The van der Waals surface area contributed by atoms with E-state index < -0.39 is 0 Å². The molecule has 0 saturated carbocycles. The summed E-state index contributed by atoms with van der Waals surface area (Å²) in [5.41, 5.74) is 4.44. The number of ether oxygens (including phenoxy) is 1. The van der Waals surface area contributed by atoms with Gasteiger partial charge in [0.05, 0.1) is 29.6 Å². The van der Waals surface area contributed by atoms with Gasteiger partial charge in [0.15, 0.2) is 0 Å². The molecule has 146 valence electrons. The Labute approximate surface area is 172 Å². The Bertz CT molecular complexity index is 1140. The molecule has 0 aliphatic heterocycles. The van der Waals surface area contributed by atoms with Gasteiger partial charge in [-0.25, -0.2) is 9.97 Å². The number of anilines is 1. The lowest BCUT2D eigenvalue weighted by Gasteiger charge is -2.11. The predicted molar refractivity (Wildman–Crippen MR) is 116 cm³/mol. The molecule has 6 nitrogen and oxygen atoms in total. The first-order valence-electron chi connectivity index (χ1n) is 9.11. The summed E-state index contributed by atoms with van der Waals surface area (Å²) in [4.78, 5) is 24.9. The minimum absolute atomic E-state index is 0.125. The molecule has 0 unspecified atom stereocenters. The summed E-state index contributed by atoms with van der Waals surface area (Å²) in [7, 11) is 1.59. The Hall–Kier alpha value is -3.32. The molecule has 2 aromatic carbocycles. The largest absolute Gasteiger partial charge is 0.495 e. The number of aryl methyl sites for hydroxylation is 1. The molecular formula is C22H20N4O2S. The Morgan fingerprint density at radius 2 is 2.03 bits per heavy atom. The van der Waals surface area contributed by atoms with Crippen molar-refractivity contribution in [3.05, 3.63) is 66.4 Å². The summed E-state index contributed by atoms with van der Waals surface area (Å²) in [5.74, 6) is 1.47. The average molecular weight is 404 g/mol. The van der Waals surface area contributed by atoms with Gasteiger partial charge in [0.25, 0.3) is 0 Å². The standard InChI is InChI=1S/C22H20N4O2S/c1-14-9-10-19(28-2)18(12-14)24-20(27)13-29-22-15(6-5-11-23-22)21-25-16-7-3-4-8-17(16)26-21/h3-12H,13H2,1-2H3,(H,24,27)(H,25,26). The van der Waals surface area contributed by atoms with E-state index in [-0.39, 0.29) is 11.7 Å². The van der Waals surface area contributed by atoms with Crippen molar-refractivity contribution < 1.29 is 9.53 Å². The van der Waals surface area contributed by atoms with Gasteiger partial charge in [-0.2, -0.15) is 0 Å². The molecular weight excluding hydrogens is 384 g/mol. The van der Waals surface area contributed by atoms with Crippen molar-refractivity contribution in [1.82, 2.24) is 15.0 Å². The molecule has 4 rings (SSSR count). The van der Waals surface area contributed by atoms with Crippen molar-refractivity contribution in [2.24, 2.45) is 0 Å². The fraction of sp³-hybridized carbons (Fsp3) is 0.136. The maximum atomic E-state index is 12.5. The molecule has 0 aliphatic rings. The Kier molecular flexibility index (Phi) is 5.48. The molecule has 2 heterocycles. The molecule has 7 heteroatoms. The first-order valence-corrected chi connectivity index (χ1v) is 10.1. The minimum Gasteiger partial charge on any atom is -0.495 e. The number of hydrogen-bond donors (Lipinski definition) is 2. The summed E-state index contributed by atoms with van der Waals surface area (Å²) in [6.45, 7) is 1.97. The van der Waals surface area contributed by atoms with Gasteiger partial charge in [0.1, 0.15) is 16.6 Å². The lowest BCUT2D eigenvalue weighted by Crippen LogP contribution is -2.15. The average Bonchev–Trinajstić information content (AvgIpc) is 3.17. The van der Waals surface area contributed by atoms with Gasteiger partial charge in [-0.15, -0.1) is 0 Å². The molecule has 0 bridgehead atoms. The molecule has 0 spiro atoms. The van der Waals surface area contributed by atoms with Gasteiger partial charge >= 0.3 is 0 Å². The lowest BCUT2D eigenvalue weighted by atomic mass is 10.2. The van der Waals surface area contributed by atoms with E-state index in [4.69, 9.17) is 4.74 Å². The molecule has 0 aliphatic carbocycles. The Morgan fingerprint density at radius 3 is 2.86 bits per heavy atom. The van der Waals surface area contributed by atoms with Gasteiger partial charge in [-0.3, -0.25) is 4.79 Å². The number of nitrogens with one attached hydrogen (secondary N) is 2. The third kappa shape index (κ3) is 4.25. The fourth-order valence-corrected chi connectivity index (χ4v) is 3.80. The molecule has 2 N–H and O–H groups in total. The SMILES string of the molecule is COc1ccc(C)cc1NC(=O)CSc1ncccc1-c1nc2ccccc2[nH]1. The predicted octanol–water partition coefficient (Wildman–Crippen LogP) is 4.67. The Balaban J connectivity index is 1.51. The third-order valence-corrected chi connectivity index (χ3v) is 5.39. The molecule has 0 radical (unpaired) electrons. The zero-order valence-electron chi connectivity index (χ0n) is 16.1. The number of benzene rings is 2. The van der Waals surface area contributed by atoms with Crippen LogP contribution in [0.15, 0.2) is 65.8 Å². The van der Waals surface area contributed by atoms with Crippen LogP contribution < -0.4 is 10.1 Å². The summed E-state index contributed by atoms with van der Waals surface area (Å²) in [6.07, 6.45) is 1.72. The van der Waals surface area contributed by atoms with Crippen LogP contribution in [0.5, 0.6) is 5.75 Å². The number of carbonyl (C=O) groups is 1. The topological polar surface area (TPSA) is 79.9 Å². The maximum absolute atomic E-state index is 12.5. The van der Waals surface area contributed by atoms with Crippen molar-refractivity contribution in [2.75, 3.05) is 18.2 Å². The van der Waals surface area contributed by atoms with E-state index >= 15 is 0 Å². The van der Waals surface area contributed by atoms with E-state index in [1.165, 1.54) is 11.8 Å². The van der Waals surface area contributed by atoms with E-state index in [0.29, 0.717) is 11.4 Å². The second-order valence-electron chi connectivity index (χ2n) is 6.50. The number of hydrogen-bond acceptors (Lipinski definition) is 5. The summed E-state index contributed by atoms with van der Waals surface area (Å²) in [6, 6.07) is 17.4.